The summed E-state index contributed by atoms with van der Waals surface area (Å²) in [5.41, 5.74) is 2.42. The Morgan fingerprint density at radius 3 is 2.19 bits per heavy atom. The Labute approximate surface area is 152 Å². The zero-order valence-corrected chi connectivity index (χ0v) is 15.4. The maximum Gasteiger partial charge on any atom is 0.233 e. The van der Waals surface area contributed by atoms with Gasteiger partial charge in [-0.2, -0.15) is 0 Å². The molecule has 2 aromatic carbocycles. The SMILES string of the molecule is CC(=O)Nc1cccc(NS(=O)(=O)CCC(=O)Nc2cccc(C)c2)c1. The molecule has 0 atom stereocenters. The summed E-state index contributed by atoms with van der Waals surface area (Å²) in [5, 5.41) is 5.25. The van der Waals surface area contributed by atoms with Crippen LogP contribution in [0.25, 0.3) is 0 Å². The van der Waals surface area contributed by atoms with E-state index in [2.05, 4.69) is 15.4 Å². The molecule has 0 aliphatic heterocycles. The van der Waals surface area contributed by atoms with Crippen molar-refractivity contribution < 1.29 is 18.0 Å². The number of carbonyl (C=O) groups excluding carboxylic acids is 2. The van der Waals surface area contributed by atoms with Crippen molar-refractivity contribution in [3.8, 4) is 0 Å². The summed E-state index contributed by atoms with van der Waals surface area (Å²) < 4.78 is 26.7. The van der Waals surface area contributed by atoms with E-state index < -0.39 is 10.0 Å². The molecule has 8 heteroatoms. The second-order valence-electron chi connectivity index (χ2n) is 5.85. The Hall–Kier alpha value is -2.87. The van der Waals surface area contributed by atoms with Crippen LogP contribution >= 0.6 is 0 Å². The monoisotopic (exact) mass is 375 g/mol. The molecular weight excluding hydrogens is 354 g/mol. The second kappa shape index (κ2) is 8.48. The maximum absolute atomic E-state index is 12.2. The highest BCUT2D eigenvalue weighted by Crippen LogP contribution is 2.17. The van der Waals surface area contributed by atoms with E-state index in [1.807, 2.05) is 19.1 Å². The van der Waals surface area contributed by atoms with Crippen LogP contribution in [0.4, 0.5) is 17.1 Å². The first-order chi connectivity index (χ1) is 12.2. The summed E-state index contributed by atoms with van der Waals surface area (Å²) in [4.78, 5) is 23.0. The fourth-order valence-corrected chi connectivity index (χ4v) is 3.31. The van der Waals surface area contributed by atoms with Crippen molar-refractivity contribution in [1.29, 1.82) is 0 Å². The second-order valence-corrected chi connectivity index (χ2v) is 7.69. The van der Waals surface area contributed by atoms with Crippen molar-refractivity contribution in [2.45, 2.75) is 20.3 Å². The summed E-state index contributed by atoms with van der Waals surface area (Å²) in [7, 11) is -3.70. The molecule has 2 aromatic rings. The van der Waals surface area contributed by atoms with E-state index in [0.717, 1.165) is 5.56 Å². The van der Waals surface area contributed by atoms with Crippen molar-refractivity contribution in [2.24, 2.45) is 0 Å². The third-order valence-corrected chi connectivity index (χ3v) is 4.64. The van der Waals surface area contributed by atoms with Gasteiger partial charge in [-0.05, 0) is 42.8 Å². The Balaban J connectivity index is 1.92. The zero-order chi connectivity index (χ0) is 19.2. The summed E-state index contributed by atoms with van der Waals surface area (Å²) in [6.45, 7) is 3.27. The minimum Gasteiger partial charge on any atom is -0.326 e. The lowest BCUT2D eigenvalue weighted by Gasteiger charge is -2.10. The first-order valence-corrected chi connectivity index (χ1v) is 9.63. The molecule has 0 aliphatic carbocycles. The number of hydrogen-bond acceptors (Lipinski definition) is 4. The van der Waals surface area contributed by atoms with Gasteiger partial charge < -0.3 is 10.6 Å². The van der Waals surface area contributed by atoms with Crippen LogP contribution in [0.2, 0.25) is 0 Å². The minimum absolute atomic E-state index is 0.172. The number of nitrogens with one attached hydrogen (secondary N) is 3. The molecule has 0 aliphatic rings. The smallest absolute Gasteiger partial charge is 0.233 e. The van der Waals surface area contributed by atoms with Gasteiger partial charge >= 0.3 is 0 Å². The molecule has 0 radical (unpaired) electrons. The van der Waals surface area contributed by atoms with Gasteiger partial charge in [0.15, 0.2) is 0 Å². The average molecular weight is 375 g/mol. The fourth-order valence-electron chi connectivity index (χ4n) is 2.27. The maximum atomic E-state index is 12.2. The quantitative estimate of drug-likeness (QED) is 0.692. The highest BCUT2D eigenvalue weighted by atomic mass is 32.2. The Bertz CT molecular complexity index is 910. The third kappa shape index (κ3) is 6.56. The lowest BCUT2D eigenvalue weighted by Crippen LogP contribution is -2.22. The van der Waals surface area contributed by atoms with Gasteiger partial charge in [0.2, 0.25) is 21.8 Å². The summed E-state index contributed by atoms with van der Waals surface area (Å²) in [5.74, 6) is -0.986. The predicted molar refractivity (Wildman–Crippen MR) is 103 cm³/mol. The zero-order valence-electron chi connectivity index (χ0n) is 14.6. The molecule has 0 saturated carbocycles. The predicted octanol–water partition coefficient (Wildman–Crippen LogP) is 2.72. The molecule has 0 heterocycles. The number of rotatable bonds is 7. The van der Waals surface area contributed by atoms with Crippen molar-refractivity contribution in [1.82, 2.24) is 0 Å². The van der Waals surface area contributed by atoms with Crippen molar-refractivity contribution >= 4 is 38.9 Å². The third-order valence-electron chi connectivity index (χ3n) is 3.36. The molecule has 0 spiro atoms. The topological polar surface area (TPSA) is 104 Å². The van der Waals surface area contributed by atoms with E-state index in [1.165, 1.54) is 13.0 Å². The molecule has 0 fully saturated rings. The van der Waals surface area contributed by atoms with Crippen LogP contribution in [0.15, 0.2) is 48.5 Å². The van der Waals surface area contributed by atoms with Gasteiger partial charge in [-0.3, -0.25) is 14.3 Å². The normalized spacial score (nSPS) is 10.8. The van der Waals surface area contributed by atoms with Gasteiger partial charge in [0.25, 0.3) is 0 Å². The number of sulfonamides is 1. The molecule has 7 nitrogen and oxygen atoms in total. The first kappa shape index (κ1) is 19.5. The van der Waals surface area contributed by atoms with Crippen molar-refractivity contribution in [3.63, 3.8) is 0 Å². The van der Waals surface area contributed by atoms with Gasteiger partial charge in [-0.25, -0.2) is 8.42 Å². The fraction of sp³-hybridized carbons (Fsp3) is 0.222. The Morgan fingerprint density at radius 1 is 0.923 bits per heavy atom. The first-order valence-electron chi connectivity index (χ1n) is 7.98. The van der Waals surface area contributed by atoms with Gasteiger partial charge in [0.1, 0.15) is 0 Å². The standard InChI is InChI=1S/C18H21N3O4S/c1-13-5-3-6-15(11-13)20-18(23)9-10-26(24,25)21-17-8-4-7-16(12-17)19-14(2)22/h3-8,11-12,21H,9-10H2,1-2H3,(H,19,22)(H,20,23). The van der Waals surface area contributed by atoms with Gasteiger partial charge in [-0.15, -0.1) is 0 Å². The van der Waals surface area contributed by atoms with E-state index in [0.29, 0.717) is 17.1 Å². The van der Waals surface area contributed by atoms with Crippen molar-refractivity contribution in [2.75, 3.05) is 21.1 Å². The van der Waals surface area contributed by atoms with Crippen LogP contribution < -0.4 is 15.4 Å². The molecule has 0 bridgehead atoms. The Kier molecular flexibility index (Phi) is 6.35. The number of carbonyl (C=O) groups is 2. The van der Waals surface area contributed by atoms with Crippen LogP contribution in [0.1, 0.15) is 18.9 Å². The van der Waals surface area contributed by atoms with Crippen LogP contribution in [-0.4, -0.2) is 26.0 Å². The number of anilines is 3. The molecule has 0 saturated heterocycles. The van der Waals surface area contributed by atoms with E-state index in [-0.39, 0.29) is 24.0 Å². The van der Waals surface area contributed by atoms with E-state index in [4.69, 9.17) is 0 Å². The van der Waals surface area contributed by atoms with E-state index in [9.17, 15) is 18.0 Å². The highest BCUT2D eigenvalue weighted by Gasteiger charge is 2.14. The van der Waals surface area contributed by atoms with E-state index >= 15 is 0 Å². The van der Waals surface area contributed by atoms with Gasteiger partial charge in [0.05, 0.1) is 11.4 Å². The summed E-state index contributed by atoms with van der Waals surface area (Å²) >= 11 is 0. The largest absolute Gasteiger partial charge is 0.326 e. The van der Waals surface area contributed by atoms with E-state index in [1.54, 1.807) is 30.3 Å². The lowest BCUT2D eigenvalue weighted by molar-refractivity contribution is -0.116. The minimum atomic E-state index is -3.70. The summed E-state index contributed by atoms with van der Waals surface area (Å²) in [6.07, 6.45) is -0.172. The number of benzene rings is 2. The number of hydrogen-bond donors (Lipinski definition) is 3. The molecule has 26 heavy (non-hydrogen) atoms. The van der Waals surface area contributed by atoms with Crippen LogP contribution in [0.5, 0.6) is 0 Å². The van der Waals surface area contributed by atoms with Crippen LogP contribution in [-0.2, 0) is 19.6 Å². The van der Waals surface area contributed by atoms with Crippen LogP contribution in [0.3, 0.4) is 0 Å². The molecule has 2 rings (SSSR count). The molecule has 2 amide bonds. The highest BCUT2D eigenvalue weighted by molar-refractivity contribution is 7.92. The summed E-state index contributed by atoms with van der Waals surface area (Å²) in [6, 6.07) is 13.6. The molecule has 0 aromatic heterocycles. The van der Waals surface area contributed by atoms with Gasteiger partial charge in [0, 0.05) is 24.7 Å². The number of aryl methyl sites for hydroxylation is 1. The van der Waals surface area contributed by atoms with Crippen molar-refractivity contribution in [3.05, 3.63) is 54.1 Å². The average Bonchev–Trinajstić information content (AvgIpc) is 2.52. The Morgan fingerprint density at radius 2 is 1.54 bits per heavy atom. The molecule has 3 N–H and O–H groups in total. The lowest BCUT2D eigenvalue weighted by atomic mass is 10.2. The molecular formula is C18H21N3O4S. The molecule has 0 unspecified atom stereocenters. The number of amides is 2. The van der Waals surface area contributed by atoms with Crippen LogP contribution in [0, 0.1) is 6.92 Å². The molecule has 138 valence electrons. The van der Waals surface area contributed by atoms with Gasteiger partial charge in [-0.1, -0.05) is 18.2 Å².